The Morgan fingerprint density at radius 2 is 2.35 bits per heavy atom. The van der Waals surface area contributed by atoms with E-state index in [1.54, 1.807) is 0 Å². The average Bonchev–Trinajstić information content (AvgIpc) is 2.37. The number of rotatable bonds is 3. The van der Waals surface area contributed by atoms with Crippen molar-refractivity contribution < 1.29 is 5.11 Å². The van der Waals surface area contributed by atoms with E-state index in [2.05, 4.69) is 24.9 Å². The first-order chi connectivity index (χ1) is 8.07. The lowest BCUT2D eigenvalue weighted by molar-refractivity contribution is -0.0272. The lowest BCUT2D eigenvalue weighted by atomic mass is 9.70. The van der Waals surface area contributed by atoms with Crippen LogP contribution in [0.15, 0.2) is 18.3 Å². The molecule has 0 bridgehead atoms. The normalized spacial score (nSPS) is 24.8. The Bertz CT molecular complexity index is 386. The van der Waals surface area contributed by atoms with Gasteiger partial charge in [0.25, 0.3) is 0 Å². The molecule has 1 heterocycles. The Kier molecular flexibility index (Phi) is 3.53. The van der Waals surface area contributed by atoms with Crippen molar-refractivity contribution in [2.24, 2.45) is 5.92 Å². The molecule has 3 atom stereocenters. The zero-order valence-electron chi connectivity index (χ0n) is 11.1. The summed E-state index contributed by atoms with van der Waals surface area (Å²) < 4.78 is 0. The summed E-state index contributed by atoms with van der Waals surface area (Å²) in [6.07, 6.45) is 6.18. The van der Waals surface area contributed by atoms with Crippen LogP contribution in [0.1, 0.15) is 57.2 Å². The standard InChI is InChI=1S/C15H23NO/c1-4-11(2)15(3,17)13-9-5-7-12-8-6-10-16-14(12)13/h6,8,10-11,13,17H,4-5,7,9H2,1-3H3. The fraction of sp³-hybridized carbons (Fsp3) is 0.667. The molecule has 0 spiro atoms. The number of aromatic nitrogens is 1. The molecule has 0 saturated heterocycles. The van der Waals surface area contributed by atoms with Gasteiger partial charge in [0.15, 0.2) is 0 Å². The zero-order valence-corrected chi connectivity index (χ0v) is 11.1. The fourth-order valence-corrected chi connectivity index (χ4v) is 2.94. The van der Waals surface area contributed by atoms with Crippen LogP contribution >= 0.6 is 0 Å². The molecule has 0 fully saturated rings. The quantitative estimate of drug-likeness (QED) is 0.869. The highest BCUT2D eigenvalue weighted by molar-refractivity contribution is 5.28. The number of hydrogen-bond acceptors (Lipinski definition) is 2. The topological polar surface area (TPSA) is 33.1 Å². The van der Waals surface area contributed by atoms with Crippen molar-refractivity contribution >= 4 is 0 Å². The van der Waals surface area contributed by atoms with Crippen LogP contribution < -0.4 is 0 Å². The SMILES string of the molecule is CCC(C)C(C)(O)C1CCCc2cccnc21. The van der Waals surface area contributed by atoms with Crippen molar-refractivity contribution in [3.05, 3.63) is 29.6 Å². The van der Waals surface area contributed by atoms with E-state index >= 15 is 0 Å². The fourth-order valence-electron chi connectivity index (χ4n) is 2.94. The Morgan fingerprint density at radius 1 is 1.59 bits per heavy atom. The number of aryl methyl sites for hydroxylation is 1. The third-order valence-electron chi connectivity index (χ3n) is 4.51. The van der Waals surface area contributed by atoms with Crippen molar-refractivity contribution in [3.63, 3.8) is 0 Å². The molecule has 0 aromatic carbocycles. The maximum atomic E-state index is 10.8. The minimum atomic E-state index is -0.641. The second-order valence-corrected chi connectivity index (χ2v) is 5.53. The Hall–Kier alpha value is -0.890. The number of aliphatic hydroxyl groups is 1. The first-order valence-electron chi connectivity index (χ1n) is 6.73. The van der Waals surface area contributed by atoms with Gasteiger partial charge in [-0.2, -0.15) is 0 Å². The van der Waals surface area contributed by atoms with Crippen LogP contribution in [0.4, 0.5) is 0 Å². The van der Waals surface area contributed by atoms with Crippen LogP contribution in [0.3, 0.4) is 0 Å². The maximum absolute atomic E-state index is 10.8. The molecule has 2 rings (SSSR count). The molecule has 2 heteroatoms. The predicted octanol–water partition coefficient (Wildman–Crippen LogP) is 3.30. The van der Waals surface area contributed by atoms with E-state index in [9.17, 15) is 5.11 Å². The van der Waals surface area contributed by atoms with Gasteiger partial charge < -0.3 is 5.11 Å². The smallest absolute Gasteiger partial charge is 0.0728 e. The van der Waals surface area contributed by atoms with Gasteiger partial charge in [0.05, 0.1) is 5.60 Å². The third-order valence-corrected chi connectivity index (χ3v) is 4.51. The summed E-state index contributed by atoms with van der Waals surface area (Å²) in [6.45, 7) is 6.26. The molecule has 94 valence electrons. The molecule has 1 aliphatic rings. The van der Waals surface area contributed by atoms with Gasteiger partial charge >= 0.3 is 0 Å². The first kappa shape index (κ1) is 12.6. The second-order valence-electron chi connectivity index (χ2n) is 5.53. The minimum absolute atomic E-state index is 0.197. The monoisotopic (exact) mass is 233 g/mol. The minimum Gasteiger partial charge on any atom is -0.389 e. The van der Waals surface area contributed by atoms with Gasteiger partial charge in [-0.15, -0.1) is 0 Å². The lowest BCUT2D eigenvalue weighted by Crippen LogP contribution is -2.41. The van der Waals surface area contributed by atoms with Crippen LogP contribution in [-0.4, -0.2) is 15.7 Å². The maximum Gasteiger partial charge on any atom is 0.0728 e. The summed E-state index contributed by atoms with van der Waals surface area (Å²) in [6, 6.07) is 4.15. The van der Waals surface area contributed by atoms with E-state index in [0.29, 0.717) is 5.92 Å². The molecule has 1 N–H and O–H groups in total. The van der Waals surface area contributed by atoms with Crippen molar-refractivity contribution in [3.8, 4) is 0 Å². The summed E-state index contributed by atoms with van der Waals surface area (Å²) in [5.41, 5.74) is 1.81. The van der Waals surface area contributed by atoms with Gasteiger partial charge in [-0.3, -0.25) is 4.98 Å². The van der Waals surface area contributed by atoms with Gasteiger partial charge in [-0.05, 0) is 43.7 Å². The Balaban J connectivity index is 2.35. The van der Waals surface area contributed by atoms with Crippen LogP contribution in [0, 0.1) is 5.92 Å². The summed E-state index contributed by atoms with van der Waals surface area (Å²) in [7, 11) is 0. The molecule has 1 aliphatic carbocycles. The van der Waals surface area contributed by atoms with Crippen LogP contribution in [-0.2, 0) is 6.42 Å². The number of nitrogens with zero attached hydrogens (tertiary/aromatic N) is 1. The van der Waals surface area contributed by atoms with Crippen LogP contribution in [0.2, 0.25) is 0 Å². The van der Waals surface area contributed by atoms with Gasteiger partial charge in [0.2, 0.25) is 0 Å². The number of pyridine rings is 1. The highest BCUT2D eigenvalue weighted by atomic mass is 16.3. The van der Waals surface area contributed by atoms with E-state index in [1.165, 1.54) is 5.56 Å². The molecule has 0 aliphatic heterocycles. The van der Waals surface area contributed by atoms with Crippen LogP contribution in [0.25, 0.3) is 0 Å². The number of hydrogen-bond donors (Lipinski definition) is 1. The molecular weight excluding hydrogens is 210 g/mol. The van der Waals surface area contributed by atoms with Crippen molar-refractivity contribution in [2.45, 2.75) is 58.0 Å². The lowest BCUT2D eigenvalue weighted by Gasteiger charge is -2.40. The van der Waals surface area contributed by atoms with E-state index in [0.717, 1.165) is 31.4 Å². The Morgan fingerprint density at radius 3 is 3.06 bits per heavy atom. The molecule has 0 saturated carbocycles. The molecule has 1 aromatic rings. The van der Waals surface area contributed by atoms with E-state index in [4.69, 9.17) is 0 Å². The first-order valence-corrected chi connectivity index (χ1v) is 6.73. The highest BCUT2D eigenvalue weighted by Gasteiger charge is 2.40. The van der Waals surface area contributed by atoms with Gasteiger partial charge in [-0.25, -0.2) is 0 Å². The van der Waals surface area contributed by atoms with Crippen LogP contribution in [0.5, 0.6) is 0 Å². The molecule has 0 radical (unpaired) electrons. The van der Waals surface area contributed by atoms with Gasteiger partial charge in [0.1, 0.15) is 0 Å². The predicted molar refractivity (Wildman–Crippen MR) is 70.0 cm³/mol. The summed E-state index contributed by atoms with van der Waals surface area (Å²) in [5.74, 6) is 0.503. The molecular formula is C15H23NO. The zero-order chi connectivity index (χ0) is 12.5. The Labute approximate surface area is 104 Å². The molecule has 1 aromatic heterocycles. The summed E-state index contributed by atoms with van der Waals surface area (Å²) in [5, 5.41) is 10.8. The van der Waals surface area contributed by atoms with E-state index in [-0.39, 0.29) is 5.92 Å². The van der Waals surface area contributed by atoms with Gasteiger partial charge in [0, 0.05) is 17.8 Å². The van der Waals surface area contributed by atoms with Crippen molar-refractivity contribution in [1.82, 2.24) is 4.98 Å². The molecule has 2 nitrogen and oxygen atoms in total. The summed E-state index contributed by atoms with van der Waals surface area (Å²) in [4.78, 5) is 4.52. The molecule has 0 amide bonds. The van der Waals surface area contributed by atoms with E-state index in [1.807, 2.05) is 19.2 Å². The third kappa shape index (κ3) is 2.23. The largest absolute Gasteiger partial charge is 0.389 e. The molecule has 3 unspecified atom stereocenters. The summed E-state index contributed by atoms with van der Waals surface area (Å²) >= 11 is 0. The van der Waals surface area contributed by atoms with Gasteiger partial charge in [-0.1, -0.05) is 26.3 Å². The average molecular weight is 233 g/mol. The van der Waals surface area contributed by atoms with Crippen molar-refractivity contribution in [2.75, 3.05) is 0 Å². The second kappa shape index (κ2) is 4.77. The van der Waals surface area contributed by atoms with E-state index < -0.39 is 5.60 Å². The highest BCUT2D eigenvalue weighted by Crippen LogP contribution is 2.42. The van der Waals surface area contributed by atoms with Crippen molar-refractivity contribution in [1.29, 1.82) is 0 Å². The molecule has 17 heavy (non-hydrogen) atoms. The number of fused-ring (bicyclic) bond motifs is 1.